The van der Waals surface area contributed by atoms with Gasteiger partial charge in [0, 0.05) is 0 Å². The predicted octanol–water partition coefficient (Wildman–Crippen LogP) is 18.7. The second-order valence-corrected chi connectivity index (χ2v) is 23.8. The molecular formula is C79H106N6O12. The molecule has 0 aliphatic carbocycles. The Morgan fingerprint density at radius 3 is 0.866 bits per heavy atom. The molecule has 0 unspecified atom stereocenters. The molecule has 524 valence electrons. The van der Waals surface area contributed by atoms with Gasteiger partial charge in [0.05, 0.1) is 43.0 Å². The molecule has 6 aromatic rings. The fraction of sp³-hybridized carbons (Fsp3) is 0.316. The molecule has 0 atom stereocenters. The summed E-state index contributed by atoms with van der Waals surface area (Å²) in [6, 6.07) is 50.8. The Kier molecular flexibility index (Phi) is 38.0. The average molecular weight is 1330 g/mol. The third-order valence-corrected chi connectivity index (χ3v) is 14.0. The molecule has 0 fully saturated rings. The number of allylic oxidation sites excluding steroid dienone is 4. The predicted molar refractivity (Wildman–Crippen MR) is 397 cm³/mol. The first-order chi connectivity index (χ1) is 44.3. The van der Waals surface area contributed by atoms with Crippen molar-refractivity contribution < 1.29 is 57.2 Å². The van der Waals surface area contributed by atoms with Crippen LogP contribution in [0.3, 0.4) is 0 Å². The van der Waals surface area contributed by atoms with Crippen LogP contribution in [0.25, 0.3) is 34.4 Å². The summed E-state index contributed by atoms with van der Waals surface area (Å²) in [5.74, 6) is 0. The summed E-state index contributed by atoms with van der Waals surface area (Å²) >= 11 is 0. The molecule has 6 N–H and O–H groups in total. The molecule has 6 amide bonds. The van der Waals surface area contributed by atoms with Crippen LogP contribution < -0.4 is 31.9 Å². The number of nitrogens with one attached hydrogen (secondary N) is 6. The van der Waals surface area contributed by atoms with E-state index in [0.717, 1.165) is 77.9 Å². The van der Waals surface area contributed by atoms with Gasteiger partial charge in [0.15, 0.2) is 0 Å². The van der Waals surface area contributed by atoms with Crippen molar-refractivity contribution >= 4 is 71.0 Å². The summed E-state index contributed by atoms with van der Waals surface area (Å²) < 4.78 is 29.3. The summed E-state index contributed by atoms with van der Waals surface area (Å²) in [6.07, 6.45) is 3.66. The van der Waals surface area contributed by atoms with Gasteiger partial charge < -0.3 is 60.3 Å². The van der Waals surface area contributed by atoms with Crippen molar-refractivity contribution in [2.75, 3.05) is 40.9 Å². The molecule has 0 saturated carbocycles. The lowest BCUT2D eigenvalue weighted by Crippen LogP contribution is -2.43. The fourth-order valence-electron chi connectivity index (χ4n) is 8.35. The number of hydrogen-bond acceptors (Lipinski definition) is 12. The first kappa shape index (κ1) is 86.4. The minimum absolute atomic E-state index is 0. The van der Waals surface area contributed by atoms with Gasteiger partial charge in [0.1, 0.15) is 13.2 Å². The molecule has 0 radical (unpaired) electrons. The third kappa shape index (κ3) is 32.4. The van der Waals surface area contributed by atoms with Crippen molar-refractivity contribution in [1.82, 2.24) is 31.9 Å². The lowest BCUT2D eigenvalue weighted by atomic mass is 9.92. The maximum Gasteiger partial charge on any atom is 0.410 e. The Morgan fingerprint density at radius 1 is 0.361 bits per heavy atom. The number of alkyl carbamates (subject to hydrolysis) is 6. The van der Waals surface area contributed by atoms with Crippen molar-refractivity contribution in [3.8, 4) is 0 Å². The molecule has 6 rings (SSSR count). The summed E-state index contributed by atoms with van der Waals surface area (Å²) in [6.45, 7) is 38.4. The largest absolute Gasteiger partial charge is 0.453 e. The van der Waals surface area contributed by atoms with Crippen LogP contribution in [0.15, 0.2) is 196 Å². The number of methoxy groups -OCH3 is 2. The number of rotatable bonds is 22. The first-order valence-corrected chi connectivity index (χ1v) is 30.2. The normalized spacial score (nSPS) is 10.6. The van der Waals surface area contributed by atoms with E-state index in [1.54, 1.807) is 12.2 Å². The Labute approximate surface area is 577 Å². The number of amides is 6. The SMILES string of the molecule is C.C.C.C=C(C)c1cccc(C(C)(C)NC(=O)OC)c1.C=C(C)c1cccc(C(C)(C)NC(=O)OC)c1.C=C(C)c1cccc(C(C)(C)NC(=O)OCOC(=O)NC(C)(C)c2cccc(C(=C)C)c2)c1.O=C(NCNC(=O)OC/C=C/c1ccccc1)OC/C=C/c1ccccc1. The molecule has 6 aromatic carbocycles. The van der Waals surface area contributed by atoms with Crippen LogP contribution in [-0.4, -0.2) is 77.5 Å². The monoisotopic (exact) mass is 1330 g/mol. The van der Waals surface area contributed by atoms with E-state index in [9.17, 15) is 28.8 Å². The molecule has 0 aromatic heterocycles. The highest BCUT2D eigenvalue weighted by molar-refractivity contribution is 5.73. The maximum absolute atomic E-state index is 12.3. The highest BCUT2D eigenvalue weighted by atomic mass is 16.7. The Balaban J connectivity index is 0.00000130. The summed E-state index contributed by atoms with van der Waals surface area (Å²) in [7, 11) is 2.71. The molecule has 0 aliphatic heterocycles. The molecule has 18 heteroatoms. The van der Waals surface area contributed by atoms with Gasteiger partial charge in [0.2, 0.25) is 6.79 Å². The van der Waals surface area contributed by atoms with Gasteiger partial charge in [-0.25, -0.2) is 28.8 Å². The van der Waals surface area contributed by atoms with E-state index in [0.29, 0.717) is 0 Å². The smallest absolute Gasteiger partial charge is 0.410 e. The highest BCUT2D eigenvalue weighted by Gasteiger charge is 2.28. The lowest BCUT2D eigenvalue weighted by molar-refractivity contribution is 0.0184. The average Bonchev–Trinajstić information content (AvgIpc) is 0.869. The van der Waals surface area contributed by atoms with Crippen LogP contribution in [0.5, 0.6) is 0 Å². The van der Waals surface area contributed by atoms with Gasteiger partial charge in [-0.1, -0.05) is 217 Å². The van der Waals surface area contributed by atoms with Crippen molar-refractivity contribution in [2.24, 2.45) is 0 Å². The molecule has 0 spiro atoms. The molecule has 0 heterocycles. The Morgan fingerprint density at radius 2 is 0.619 bits per heavy atom. The van der Waals surface area contributed by atoms with E-state index in [4.69, 9.17) is 18.9 Å². The van der Waals surface area contributed by atoms with Crippen LogP contribution in [-0.2, 0) is 50.6 Å². The van der Waals surface area contributed by atoms with Gasteiger partial charge in [-0.2, -0.15) is 0 Å². The second kappa shape index (κ2) is 42.7. The number of benzene rings is 6. The number of ether oxygens (including phenoxy) is 6. The van der Waals surface area contributed by atoms with Crippen LogP contribution in [0, 0.1) is 0 Å². The number of hydrogen-bond donors (Lipinski definition) is 6. The molecule has 97 heavy (non-hydrogen) atoms. The van der Waals surface area contributed by atoms with E-state index in [2.05, 4.69) is 67.7 Å². The van der Waals surface area contributed by atoms with E-state index >= 15 is 0 Å². The van der Waals surface area contributed by atoms with Gasteiger partial charge in [-0.3, -0.25) is 0 Å². The topological polar surface area (TPSA) is 230 Å². The minimum atomic E-state index is -0.693. The van der Waals surface area contributed by atoms with Crippen LogP contribution in [0.2, 0.25) is 0 Å². The quantitative estimate of drug-likeness (QED) is 0.0275. The van der Waals surface area contributed by atoms with E-state index in [-0.39, 0.29) is 42.2 Å². The summed E-state index contributed by atoms with van der Waals surface area (Å²) in [4.78, 5) is 70.0. The number of carbonyl (C=O) groups is 6. The van der Waals surface area contributed by atoms with Gasteiger partial charge in [-0.05, 0) is 175 Å². The van der Waals surface area contributed by atoms with Crippen molar-refractivity contribution in [3.63, 3.8) is 0 Å². The van der Waals surface area contributed by atoms with Gasteiger partial charge >= 0.3 is 36.6 Å². The molecule has 0 bridgehead atoms. The molecular weight excluding hydrogens is 1220 g/mol. The van der Waals surface area contributed by atoms with Crippen molar-refractivity contribution in [1.29, 1.82) is 0 Å². The fourth-order valence-corrected chi connectivity index (χ4v) is 8.35. The Hall–Kier alpha value is -10.6. The molecule has 18 nitrogen and oxygen atoms in total. The van der Waals surface area contributed by atoms with E-state index in [1.807, 2.05) is 253 Å². The zero-order valence-electron chi connectivity index (χ0n) is 56.9. The van der Waals surface area contributed by atoms with Gasteiger partial charge in [0.25, 0.3) is 0 Å². The maximum atomic E-state index is 12.3. The van der Waals surface area contributed by atoms with E-state index < -0.39 is 65.5 Å². The summed E-state index contributed by atoms with van der Waals surface area (Å²) in [5, 5.41) is 16.0. The first-order valence-electron chi connectivity index (χ1n) is 30.2. The minimum Gasteiger partial charge on any atom is -0.453 e. The van der Waals surface area contributed by atoms with Crippen LogP contribution in [0.1, 0.15) is 161 Å². The summed E-state index contributed by atoms with van der Waals surface area (Å²) in [5.41, 5.74) is 11.5. The molecule has 0 saturated heterocycles. The highest BCUT2D eigenvalue weighted by Crippen LogP contribution is 2.28. The zero-order valence-corrected chi connectivity index (χ0v) is 56.9. The molecule has 0 aliphatic rings. The van der Waals surface area contributed by atoms with Crippen molar-refractivity contribution in [3.05, 3.63) is 252 Å². The second-order valence-electron chi connectivity index (χ2n) is 23.8. The van der Waals surface area contributed by atoms with Gasteiger partial charge in [-0.15, -0.1) is 0 Å². The lowest BCUT2D eigenvalue weighted by Gasteiger charge is -2.28. The van der Waals surface area contributed by atoms with Crippen LogP contribution in [0.4, 0.5) is 28.8 Å². The van der Waals surface area contributed by atoms with E-state index in [1.165, 1.54) is 14.2 Å². The Bertz CT molecular complexity index is 3360. The number of carbonyl (C=O) groups excluding carboxylic acids is 6. The third-order valence-electron chi connectivity index (χ3n) is 14.0. The standard InChI is InChI=1S/C27H34N2O4.C21H22N2O4.2C14H19NO2.3CH4/c1-18(2)20-11-9-13-22(15-20)26(5,6)28-24(30)32-17-33-25(31)29-27(7,8)23-14-10-12-21(16-23)19(3)4;24-20(26-15-7-13-18-9-3-1-4-10-18)22-17-23-21(25)27-16-8-14-19-11-5-2-6-12-19;2*1-10(2)11-7-6-8-12(9-11)14(3,4)15-13(16)17-5;;;/h9-16H,1,3,17H2,2,4-8H3,(H,28,30)(H,29,31);1-14H,15-17H2,(H,22,24)(H,23,25);2*6-9H,1H2,2-5H3,(H,15,16);3*1H4/b;13-7+,14-8+;;;;;. The zero-order chi connectivity index (χ0) is 70.1. The van der Waals surface area contributed by atoms with Crippen molar-refractivity contribution in [2.45, 2.75) is 128 Å². The van der Waals surface area contributed by atoms with Crippen LogP contribution >= 0.6 is 0 Å².